The molecule has 2 aromatic heterocycles. The van der Waals surface area contributed by atoms with Crippen LogP contribution in [-0.2, 0) is 6.42 Å². The first-order valence-corrected chi connectivity index (χ1v) is 6.46. The van der Waals surface area contributed by atoms with E-state index in [0.717, 1.165) is 12.1 Å². The lowest BCUT2D eigenvalue weighted by Gasteiger charge is -2.09. The van der Waals surface area contributed by atoms with Crippen molar-refractivity contribution in [2.24, 2.45) is 5.92 Å². The van der Waals surface area contributed by atoms with Crippen molar-refractivity contribution in [3.05, 3.63) is 35.3 Å². The fourth-order valence-electron chi connectivity index (χ4n) is 2.36. The Labute approximate surface area is 104 Å². The number of fused-ring (bicyclic) bond motifs is 1. The molecule has 0 aliphatic heterocycles. The summed E-state index contributed by atoms with van der Waals surface area (Å²) >= 11 is 0. The van der Waals surface area contributed by atoms with Gasteiger partial charge in [-0.3, -0.25) is 0 Å². The SMILES string of the molecule is Cc1ccn2c(C(C)C)c(CC(C)C)nc2c1. The molecule has 2 aromatic rings. The van der Waals surface area contributed by atoms with Gasteiger partial charge in [0.1, 0.15) is 5.65 Å². The summed E-state index contributed by atoms with van der Waals surface area (Å²) in [6.45, 7) is 11.1. The third-order valence-electron chi connectivity index (χ3n) is 3.04. The summed E-state index contributed by atoms with van der Waals surface area (Å²) in [6, 6.07) is 4.31. The monoisotopic (exact) mass is 230 g/mol. The first-order valence-electron chi connectivity index (χ1n) is 6.46. The van der Waals surface area contributed by atoms with Crippen LogP contribution in [0.15, 0.2) is 18.3 Å². The second kappa shape index (κ2) is 4.52. The zero-order valence-corrected chi connectivity index (χ0v) is 11.5. The van der Waals surface area contributed by atoms with Crippen molar-refractivity contribution in [2.75, 3.05) is 0 Å². The second-order valence-electron chi connectivity index (χ2n) is 5.63. The molecule has 0 saturated carbocycles. The van der Waals surface area contributed by atoms with Crippen LogP contribution in [0, 0.1) is 12.8 Å². The molecule has 0 radical (unpaired) electrons. The minimum absolute atomic E-state index is 0.515. The molecule has 0 bridgehead atoms. The van der Waals surface area contributed by atoms with Gasteiger partial charge in [-0.05, 0) is 42.9 Å². The molecule has 0 aromatic carbocycles. The van der Waals surface area contributed by atoms with Crippen molar-refractivity contribution < 1.29 is 0 Å². The summed E-state index contributed by atoms with van der Waals surface area (Å²) in [5.41, 5.74) is 4.99. The van der Waals surface area contributed by atoms with Crippen LogP contribution in [0.25, 0.3) is 5.65 Å². The molecule has 2 nitrogen and oxygen atoms in total. The Hall–Kier alpha value is -1.31. The number of aryl methyl sites for hydroxylation is 1. The fraction of sp³-hybridized carbons (Fsp3) is 0.533. The topological polar surface area (TPSA) is 17.3 Å². The summed E-state index contributed by atoms with van der Waals surface area (Å²) in [6.07, 6.45) is 3.21. The van der Waals surface area contributed by atoms with Gasteiger partial charge in [0.15, 0.2) is 0 Å². The zero-order chi connectivity index (χ0) is 12.6. The maximum atomic E-state index is 4.80. The minimum Gasteiger partial charge on any atom is -0.304 e. The van der Waals surface area contributed by atoms with E-state index in [2.05, 4.69) is 57.3 Å². The van der Waals surface area contributed by atoms with Crippen molar-refractivity contribution in [2.45, 2.75) is 47.0 Å². The lowest BCUT2D eigenvalue weighted by atomic mass is 10.0. The summed E-state index contributed by atoms with van der Waals surface area (Å²) in [7, 11) is 0. The maximum absolute atomic E-state index is 4.80. The lowest BCUT2D eigenvalue weighted by molar-refractivity contribution is 0.626. The van der Waals surface area contributed by atoms with Gasteiger partial charge in [-0.25, -0.2) is 4.98 Å². The first-order chi connectivity index (χ1) is 7.99. The maximum Gasteiger partial charge on any atom is 0.137 e. The number of aromatic nitrogens is 2. The van der Waals surface area contributed by atoms with Crippen molar-refractivity contribution in [3.8, 4) is 0 Å². The molecule has 0 saturated heterocycles. The van der Waals surface area contributed by atoms with E-state index in [1.165, 1.54) is 17.0 Å². The summed E-state index contributed by atoms with van der Waals surface area (Å²) in [5, 5.41) is 0. The number of hydrogen-bond donors (Lipinski definition) is 0. The van der Waals surface area contributed by atoms with E-state index < -0.39 is 0 Å². The summed E-state index contributed by atoms with van der Waals surface area (Å²) < 4.78 is 2.25. The highest BCUT2D eigenvalue weighted by Crippen LogP contribution is 2.24. The van der Waals surface area contributed by atoms with Crippen LogP contribution in [0.5, 0.6) is 0 Å². The van der Waals surface area contributed by atoms with Gasteiger partial charge in [0.25, 0.3) is 0 Å². The van der Waals surface area contributed by atoms with Crippen LogP contribution >= 0.6 is 0 Å². The van der Waals surface area contributed by atoms with Gasteiger partial charge in [-0.15, -0.1) is 0 Å². The Morgan fingerprint density at radius 3 is 2.53 bits per heavy atom. The Morgan fingerprint density at radius 2 is 1.94 bits per heavy atom. The fourth-order valence-corrected chi connectivity index (χ4v) is 2.36. The Bertz CT molecular complexity index is 521. The molecular weight excluding hydrogens is 208 g/mol. The zero-order valence-electron chi connectivity index (χ0n) is 11.5. The molecule has 92 valence electrons. The van der Waals surface area contributed by atoms with Crippen LogP contribution in [0.4, 0.5) is 0 Å². The lowest BCUT2D eigenvalue weighted by Crippen LogP contribution is -2.02. The van der Waals surface area contributed by atoms with Crippen LogP contribution < -0.4 is 0 Å². The van der Waals surface area contributed by atoms with Crippen LogP contribution in [0.3, 0.4) is 0 Å². The molecule has 17 heavy (non-hydrogen) atoms. The molecule has 0 amide bonds. The van der Waals surface area contributed by atoms with Gasteiger partial charge < -0.3 is 4.40 Å². The van der Waals surface area contributed by atoms with E-state index in [4.69, 9.17) is 4.98 Å². The van der Waals surface area contributed by atoms with Crippen molar-refractivity contribution >= 4 is 5.65 Å². The smallest absolute Gasteiger partial charge is 0.137 e. The quantitative estimate of drug-likeness (QED) is 0.780. The van der Waals surface area contributed by atoms with E-state index >= 15 is 0 Å². The third-order valence-corrected chi connectivity index (χ3v) is 3.04. The van der Waals surface area contributed by atoms with Crippen molar-refractivity contribution in [1.82, 2.24) is 9.38 Å². The normalized spacial score (nSPS) is 11.9. The predicted octanol–water partition coefficient (Wildman–Crippen LogP) is 3.96. The second-order valence-corrected chi connectivity index (χ2v) is 5.63. The van der Waals surface area contributed by atoms with Gasteiger partial charge in [0, 0.05) is 11.9 Å². The van der Waals surface area contributed by atoms with Crippen LogP contribution in [-0.4, -0.2) is 9.38 Å². The van der Waals surface area contributed by atoms with Crippen molar-refractivity contribution in [1.29, 1.82) is 0 Å². The molecule has 2 heteroatoms. The average molecular weight is 230 g/mol. The number of pyridine rings is 1. The Morgan fingerprint density at radius 1 is 1.24 bits per heavy atom. The molecule has 0 N–H and O–H groups in total. The van der Waals surface area contributed by atoms with Gasteiger partial charge in [0.05, 0.1) is 5.69 Å². The van der Waals surface area contributed by atoms with Crippen molar-refractivity contribution in [3.63, 3.8) is 0 Å². The number of imidazole rings is 1. The average Bonchev–Trinajstić information content (AvgIpc) is 2.53. The highest BCUT2D eigenvalue weighted by Gasteiger charge is 2.15. The van der Waals surface area contributed by atoms with Gasteiger partial charge in [-0.1, -0.05) is 27.7 Å². The molecule has 2 rings (SSSR count). The summed E-state index contributed by atoms with van der Waals surface area (Å²) in [4.78, 5) is 4.80. The number of nitrogens with zero attached hydrogens (tertiary/aromatic N) is 2. The largest absolute Gasteiger partial charge is 0.304 e. The number of rotatable bonds is 3. The Balaban J connectivity index is 2.61. The van der Waals surface area contributed by atoms with Gasteiger partial charge >= 0.3 is 0 Å². The number of hydrogen-bond acceptors (Lipinski definition) is 1. The molecule has 0 spiro atoms. The summed E-state index contributed by atoms with van der Waals surface area (Å²) in [5.74, 6) is 1.17. The molecule has 0 aliphatic rings. The van der Waals surface area contributed by atoms with Gasteiger partial charge in [0.2, 0.25) is 0 Å². The standard InChI is InChI=1S/C15H22N2/c1-10(2)8-13-15(11(3)4)17-7-6-12(5)9-14(17)16-13/h6-7,9-11H,8H2,1-5H3. The Kier molecular flexibility index (Phi) is 3.23. The van der Waals surface area contributed by atoms with E-state index in [-0.39, 0.29) is 0 Å². The molecule has 0 unspecified atom stereocenters. The third kappa shape index (κ3) is 2.36. The van der Waals surface area contributed by atoms with E-state index in [0.29, 0.717) is 11.8 Å². The molecular formula is C15H22N2. The van der Waals surface area contributed by atoms with E-state index in [1.807, 2.05) is 0 Å². The van der Waals surface area contributed by atoms with Crippen LogP contribution in [0.1, 0.15) is 50.6 Å². The van der Waals surface area contributed by atoms with Crippen LogP contribution in [0.2, 0.25) is 0 Å². The first kappa shape index (κ1) is 12.2. The van der Waals surface area contributed by atoms with E-state index in [9.17, 15) is 0 Å². The highest BCUT2D eigenvalue weighted by molar-refractivity contribution is 5.46. The van der Waals surface area contributed by atoms with E-state index in [1.54, 1.807) is 0 Å². The minimum atomic E-state index is 0.515. The molecule has 0 fully saturated rings. The molecule has 0 atom stereocenters. The predicted molar refractivity (Wildman–Crippen MR) is 72.6 cm³/mol. The van der Waals surface area contributed by atoms with Gasteiger partial charge in [-0.2, -0.15) is 0 Å². The molecule has 2 heterocycles. The highest BCUT2D eigenvalue weighted by atomic mass is 15.0. The molecule has 0 aliphatic carbocycles.